The molecule has 0 N–H and O–H groups in total. The average molecular weight is 340 g/mol. The summed E-state index contributed by atoms with van der Waals surface area (Å²) in [5, 5.41) is 10.8. The molecule has 1 heterocycles. The van der Waals surface area contributed by atoms with E-state index in [0.29, 0.717) is 13.0 Å². The van der Waals surface area contributed by atoms with Crippen LogP contribution in [0.25, 0.3) is 0 Å². The molecular weight excluding hydrogens is 324 g/mol. The molecule has 0 saturated carbocycles. The summed E-state index contributed by atoms with van der Waals surface area (Å²) in [4.78, 5) is 36.0. The molecule has 7 nitrogen and oxygen atoms in total. The molecule has 1 aliphatic heterocycles. The summed E-state index contributed by atoms with van der Waals surface area (Å²) < 4.78 is 5.66. The third kappa shape index (κ3) is 3.21. The molecule has 0 spiro atoms. The van der Waals surface area contributed by atoms with Gasteiger partial charge in [-0.25, -0.2) is 0 Å². The van der Waals surface area contributed by atoms with Crippen molar-refractivity contribution in [3.63, 3.8) is 0 Å². The number of benzene rings is 2. The van der Waals surface area contributed by atoms with E-state index in [0.717, 1.165) is 22.3 Å². The fourth-order valence-corrected chi connectivity index (χ4v) is 2.72. The topological polar surface area (TPSA) is 89.8 Å². The van der Waals surface area contributed by atoms with E-state index in [1.54, 1.807) is 0 Å². The summed E-state index contributed by atoms with van der Waals surface area (Å²) in [5.74, 6) is -0.161. The van der Waals surface area contributed by atoms with E-state index >= 15 is 0 Å². The molecule has 0 radical (unpaired) electrons. The number of carbonyl (C=O) groups is 2. The van der Waals surface area contributed by atoms with E-state index in [-0.39, 0.29) is 23.4 Å². The number of imide groups is 1. The number of nitro benzene ring substituents is 1. The third-order valence-electron chi connectivity index (χ3n) is 4.04. The minimum atomic E-state index is -0.587. The Morgan fingerprint density at radius 1 is 1.08 bits per heavy atom. The molecule has 25 heavy (non-hydrogen) atoms. The molecule has 0 bridgehead atoms. The van der Waals surface area contributed by atoms with Gasteiger partial charge in [0.1, 0.15) is 5.75 Å². The first kappa shape index (κ1) is 16.6. The molecule has 2 amide bonds. The lowest BCUT2D eigenvalue weighted by Crippen LogP contribution is -2.31. The normalized spacial score (nSPS) is 13.1. The number of aryl methyl sites for hydroxylation is 1. The van der Waals surface area contributed by atoms with Crippen LogP contribution in [0.15, 0.2) is 42.5 Å². The number of nitrogens with zero attached hydrogens (tertiary/aromatic N) is 2. The predicted molar refractivity (Wildman–Crippen MR) is 89.8 cm³/mol. The van der Waals surface area contributed by atoms with E-state index in [1.807, 2.05) is 31.2 Å². The first-order chi connectivity index (χ1) is 12.0. The smallest absolute Gasteiger partial charge is 0.270 e. The van der Waals surface area contributed by atoms with Crippen molar-refractivity contribution in [2.45, 2.75) is 13.3 Å². The van der Waals surface area contributed by atoms with Crippen molar-refractivity contribution in [1.29, 1.82) is 0 Å². The lowest BCUT2D eigenvalue weighted by atomic mass is 10.1. The monoisotopic (exact) mass is 340 g/mol. The predicted octanol–water partition coefficient (Wildman–Crippen LogP) is 2.97. The number of carbonyl (C=O) groups excluding carboxylic acids is 2. The number of ether oxygens (including phenoxy) is 1. The van der Waals surface area contributed by atoms with Gasteiger partial charge in [0.2, 0.25) is 0 Å². The number of non-ortho nitro benzene ring substituents is 1. The maximum absolute atomic E-state index is 12.3. The van der Waals surface area contributed by atoms with E-state index in [2.05, 4.69) is 0 Å². The number of nitro groups is 1. The highest BCUT2D eigenvalue weighted by Crippen LogP contribution is 2.27. The van der Waals surface area contributed by atoms with Crippen molar-refractivity contribution < 1.29 is 19.2 Å². The molecule has 1 aliphatic rings. The van der Waals surface area contributed by atoms with Gasteiger partial charge in [0.15, 0.2) is 0 Å². The maximum atomic E-state index is 12.3. The fraction of sp³-hybridized carbons (Fsp3) is 0.222. The van der Waals surface area contributed by atoms with Gasteiger partial charge >= 0.3 is 0 Å². The van der Waals surface area contributed by atoms with Crippen molar-refractivity contribution in [1.82, 2.24) is 4.90 Å². The molecule has 0 saturated heterocycles. The van der Waals surface area contributed by atoms with E-state index in [4.69, 9.17) is 4.74 Å². The number of amides is 2. The molecule has 0 aromatic heterocycles. The number of hydrogen-bond donors (Lipinski definition) is 0. The second-order valence-corrected chi connectivity index (χ2v) is 5.72. The molecule has 0 atom stereocenters. The SMILES string of the molecule is Cc1ccccc1OCCCN1C(=O)c2ccc([N+](=O)[O-])cc2C1=O. The summed E-state index contributed by atoms with van der Waals surface area (Å²) in [6, 6.07) is 11.3. The Balaban J connectivity index is 1.62. The van der Waals surface area contributed by atoms with Gasteiger partial charge in [-0.05, 0) is 31.0 Å². The highest BCUT2D eigenvalue weighted by molar-refractivity contribution is 6.21. The van der Waals surface area contributed by atoms with Gasteiger partial charge < -0.3 is 4.74 Å². The quantitative estimate of drug-likeness (QED) is 0.349. The molecule has 2 aromatic rings. The minimum absolute atomic E-state index is 0.0824. The van der Waals surface area contributed by atoms with Crippen LogP contribution in [-0.2, 0) is 0 Å². The van der Waals surface area contributed by atoms with Crippen LogP contribution in [-0.4, -0.2) is 34.8 Å². The van der Waals surface area contributed by atoms with Crippen LogP contribution in [0, 0.1) is 17.0 Å². The zero-order valence-electron chi connectivity index (χ0n) is 13.6. The van der Waals surface area contributed by atoms with Crippen molar-refractivity contribution in [2.24, 2.45) is 0 Å². The summed E-state index contributed by atoms with van der Waals surface area (Å²) in [6.07, 6.45) is 0.474. The van der Waals surface area contributed by atoms with Gasteiger partial charge in [0.05, 0.1) is 22.7 Å². The molecule has 0 aliphatic carbocycles. The largest absolute Gasteiger partial charge is 0.493 e. The highest BCUT2D eigenvalue weighted by atomic mass is 16.6. The first-order valence-electron chi connectivity index (χ1n) is 7.82. The lowest BCUT2D eigenvalue weighted by molar-refractivity contribution is -0.384. The zero-order chi connectivity index (χ0) is 18.0. The summed E-state index contributed by atoms with van der Waals surface area (Å²) in [5.41, 5.74) is 1.09. The Bertz CT molecular complexity index is 862. The molecule has 3 rings (SSSR count). The van der Waals surface area contributed by atoms with Crippen LogP contribution in [0.1, 0.15) is 32.7 Å². The Morgan fingerprint density at radius 3 is 2.52 bits per heavy atom. The summed E-state index contributed by atoms with van der Waals surface area (Å²) in [6.45, 7) is 2.50. The molecule has 0 unspecified atom stereocenters. The van der Waals surface area contributed by atoms with Gasteiger partial charge in [0.25, 0.3) is 17.5 Å². The van der Waals surface area contributed by atoms with Crippen molar-refractivity contribution in [2.75, 3.05) is 13.2 Å². The second kappa shape index (κ2) is 6.72. The second-order valence-electron chi connectivity index (χ2n) is 5.72. The van der Waals surface area contributed by atoms with Crippen LogP contribution < -0.4 is 4.74 Å². The Hall–Kier alpha value is -3.22. The lowest BCUT2D eigenvalue weighted by Gasteiger charge is -2.14. The van der Waals surface area contributed by atoms with Crippen molar-refractivity contribution in [3.05, 3.63) is 69.3 Å². The van der Waals surface area contributed by atoms with Crippen LogP contribution in [0.3, 0.4) is 0 Å². The standard InChI is InChI=1S/C18H16N2O5/c1-12-5-2-3-6-16(12)25-10-4-9-19-17(21)14-8-7-13(20(23)24)11-15(14)18(19)22/h2-3,5-8,11H,4,9-10H2,1H3. The van der Waals surface area contributed by atoms with E-state index in [1.165, 1.54) is 12.1 Å². The van der Waals surface area contributed by atoms with Crippen LogP contribution >= 0.6 is 0 Å². The number of para-hydroxylation sites is 1. The van der Waals surface area contributed by atoms with Crippen molar-refractivity contribution in [3.8, 4) is 5.75 Å². The van der Waals surface area contributed by atoms with E-state index in [9.17, 15) is 19.7 Å². The third-order valence-corrected chi connectivity index (χ3v) is 4.04. The van der Waals surface area contributed by atoms with Gasteiger partial charge in [0, 0.05) is 18.7 Å². The average Bonchev–Trinajstić information content (AvgIpc) is 2.84. The maximum Gasteiger partial charge on any atom is 0.270 e. The highest BCUT2D eigenvalue weighted by Gasteiger charge is 2.36. The minimum Gasteiger partial charge on any atom is -0.493 e. The number of fused-ring (bicyclic) bond motifs is 1. The van der Waals surface area contributed by atoms with Gasteiger partial charge in [-0.15, -0.1) is 0 Å². The molecule has 2 aromatic carbocycles. The Labute approximate surface area is 144 Å². The van der Waals surface area contributed by atoms with Crippen LogP contribution in [0.2, 0.25) is 0 Å². The van der Waals surface area contributed by atoms with E-state index < -0.39 is 16.7 Å². The molecule has 128 valence electrons. The van der Waals surface area contributed by atoms with Gasteiger partial charge in [-0.1, -0.05) is 18.2 Å². The number of rotatable bonds is 6. The summed E-state index contributed by atoms with van der Waals surface area (Å²) >= 11 is 0. The Morgan fingerprint density at radius 2 is 1.80 bits per heavy atom. The van der Waals surface area contributed by atoms with Crippen LogP contribution in [0.4, 0.5) is 5.69 Å². The van der Waals surface area contributed by atoms with Gasteiger partial charge in [-0.2, -0.15) is 0 Å². The first-order valence-corrected chi connectivity index (χ1v) is 7.82. The molecule has 7 heteroatoms. The Kier molecular flexibility index (Phi) is 4.47. The summed E-state index contributed by atoms with van der Waals surface area (Å²) in [7, 11) is 0. The number of hydrogen-bond acceptors (Lipinski definition) is 5. The fourth-order valence-electron chi connectivity index (χ4n) is 2.72. The zero-order valence-corrected chi connectivity index (χ0v) is 13.6. The molecule has 0 fully saturated rings. The van der Waals surface area contributed by atoms with Crippen LogP contribution in [0.5, 0.6) is 5.75 Å². The molecular formula is C18H16N2O5. The van der Waals surface area contributed by atoms with Crippen molar-refractivity contribution >= 4 is 17.5 Å². The van der Waals surface area contributed by atoms with Gasteiger partial charge in [-0.3, -0.25) is 24.6 Å².